The first kappa shape index (κ1) is 12.3. The van der Waals surface area contributed by atoms with E-state index in [0.29, 0.717) is 18.1 Å². The second-order valence-electron chi connectivity index (χ2n) is 3.66. The summed E-state index contributed by atoms with van der Waals surface area (Å²) in [6.07, 6.45) is 0. The molecule has 0 aliphatic carbocycles. The summed E-state index contributed by atoms with van der Waals surface area (Å²) in [5.74, 6) is 0.232. The molecule has 0 amide bonds. The number of nitrogens with zero attached hydrogens (tertiary/aromatic N) is 1. The van der Waals surface area contributed by atoms with E-state index >= 15 is 0 Å². The van der Waals surface area contributed by atoms with Gasteiger partial charge in [0.2, 0.25) is 5.88 Å². The molecule has 1 heterocycles. The third-order valence-electron chi connectivity index (χ3n) is 2.63. The summed E-state index contributed by atoms with van der Waals surface area (Å²) in [7, 11) is 3.11. The molecule has 0 aliphatic heterocycles. The maximum atomic E-state index is 11.7. The van der Waals surface area contributed by atoms with Crippen molar-refractivity contribution in [1.82, 2.24) is 4.73 Å². The molecule has 0 saturated carbocycles. The summed E-state index contributed by atoms with van der Waals surface area (Å²) < 4.78 is 11.7. The van der Waals surface area contributed by atoms with E-state index in [1.807, 2.05) is 12.1 Å². The highest BCUT2D eigenvalue weighted by Crippen LogP contribution is 2.25. The number of rotatable bonds is 4. The van der Waals surface area contributed by atoms with Gasteiger partial charge in [-0.15, -0.1) is 4.73 Å². The van der Waals surface area contributed by atoms with Gasteiger partial charge in [0, 0.05) is 11.5 Å². The zero-order valence-corrected chi connectivity index (χ0v) is 10.6. The van der Waals surface area contributed by atoms with Crippen LogP contribution in [0.15, 0.2) is 24.3 Å². The summed E-state index contributed by atoms with van der Waals surface area (Å²) in [4.78, 5) is 16.9. The molecule has 18 heavy (non-hydrogen) atoms. The van der Waals surface area contributed by atoms with Gasteiger partial charge in [-0.1, -0.05) is 6.07 Å². The van der Waals surface area contributed by atoms with Crippen LogP contribution in [0.1, 0.15) is 17.3 Å². The molecule has 0 saturated heterocycles. The van der Waals surface area contributed by atoms with Crippen LogP contribution in [0.25, 0.3) is 10.9 Å². The Hall–Kier alpha value is -2.17. The number of benzene rings is 1. The van der Waals surface area contributed by atoms with Crippen LogP contribution in [0.2, 0.25) is 0 Å². The number of hydrogen-bond donors (Lipinski definition) is 0. The van der Waals surface area contributed by atoms with Gasteiger partial charge in [-0.2, -0.15) is 0 Å². The van der Waals surface area contributed by atoms with E-state index in [9.17, 15) is 4.79 Å². The van der Waals surface area contributed by atoms with Gasteiger partial charge in [0.1, 0.15) is 7.11 Å². The van der Waals surface area contributed by atoms with Crippen molar-refractivity contribution in [3.8, 4) is 5.88 Å². The van der Waals surface area contributed by atoms with E-state index < -0.39 is 0 Å². The van der Waals surface area contributed by atoms with Crippen molar-refractivity contribution in [3.63, 3.8) is 0 Å². The number of aromatic nitrogens is 1. The molecule has 0 atom stereocenters. The van der Waals surface area contributed by atoms with Crippen LogP contribution in [-0.2, 0) is 4.74 Å². The van der Waals surface area contributed by atoms with Gasteiger partial charge in [0.05, 0.1) is 24.8 Å². The van der Waals surface area contributed by atoms with Gasteiger partial charge in [-0.3, -0.25) is 0 Å². The maximum Gasteiger partial charge on any atom is 0.338 e. The first-order chi connectivity index (χ1) is 8.71. The minimum absolute atomic E-state index is 0.345. The van der Waals surface area contributed by atoms with Crippen LogP contribution in [0.5, 0.6) is 5.88 Å². The molecule has 0 spiro atoms. The van der Waals surface area contributed by atoms with Crippen molar-refractivity contribution < 1.29 is 19.1 Å². The highest BCUT2D eigenvalue weighted by atomic mass is 16.7. The lowest BCUT2D eigenvalue weighted by atomic mass is 10.2. The van der Waals surface area contributed by atoms with Crippen LogP contribution in [0.3, 0.4) is 0 Å². The topological polar surface area (TPSA) is 49.7 Å². The van der Waals surface area contributed by atoms with Crippen molar-refractivity contribution in [1.29, 1.82) is 0 Å². The smallest absolute Gasteiger partial charge is 0.338 e. The third-order valence-corrected chi connectivity index (χ3v) is 2.63. The summed E-state index contributed by atoms with van der Waals surface area (Å²) in [6, 6.07) is 7.12. The van der Waals surface area contributed by atoms with E-state index in [1.54, 1.807) is 33.3 Å². The highest BCUT2D eigenvalue weighted by molar-refractivity contribution is 5.95. The van der Waals surface area contributed by atoms with E-state index in [-0.39, 0.29) is 5.97 Å². The predicted molar refractivity (Wildman–Crippen MR) is 67.0 cm³/mol. The van der Waals surface area contributed by atoms with Gasteiger partial charge in [-0.25, -0.2) is 4.79 Å². The standard InChI is InChI=1S/C13H15NO4/c1-4-18-13(15)10-6-5-9-8-12(16-2)14(17-3)11(9)7-10/h5-8H,4H2,1-3H3. The summed E-state index contributed by atoms with van der Waals surface area (Å²) in [6.45, 7) is 2.13. The molecule has 1 aromatic heterocycles. The minimum atomic E-state index is -0.345. The average Bonchev–Trinajstić information content (AvgIpc) is 2.75. The monoisotopic (exact) mass is 249 g/mol. The fourth-order valence-electron chi connectivity index (χ4n) is 1.82. The normalized spacial score (nSPS) is 10.4. The third kappa shape index (κ3) is 1.99. The van der Waals surface area contributed by atoms with Gasteiger partial charge >= 0.3 is 5.97 Å². The Labute approximate surface area is 105 Å². The van der Waals surface area contributed by atoms with E-state index in [4.69, 9.17) is 14.3 Å². The van der Waals surface area contributed by atoms with Crippen molar-refractivity contribution >= 4 is 16.9 Å². The van der Waals surface area contributed by atoms with Crippen LogP contribution < -0.4 is 9.57 Å². The SMILES string of the molecule is CCOC(=O)c1ccc2cc(OC)n(OC)c2c1. The van der Waals surface area contributed by atoms with Crippen LogP contribution in [-0.4, -0.2) is 31.5 Å². The molecular weight excluding hydrogens is 234 g/mol. The van der Waals surface area contributed by atoms with Crippen LogP contribution in [0, 0.1) is 0 Å². The molecule has 5 heteroatoms. The maximum absolute atomic E-state index is 11.7. The van der Waals surface area contributed by atoms with Crippen molar-refractivity contribution in [2.75, 3.05) is 20.8 Å². The second-order valence-corrected chi connectivity index (χ2v) is 3.66. The Balaban J connectivity index is 2.52. The Morgan fingerprint density at radius 2 is 2.06 bits per heavy atom. The first-order valence-corrected chi connectivity index (χ1v) is 5.62. The lowest BCUT2D eigenvalue weighted by Crippen LogP contribution is -2.08. The second kappa shape index (κ2) is 5.00. The zero-order chi connectivity index (χ0) is 13.1. The Kier molecular flexibility index (Phi) is 3.41. The fraction of sp³-hybridized carbons (Fsp3) is 0.308. The fourth-order valence-corrected chi connectivity index (χ4v) is 1.82. The summed E-state index contributed by atoms with van der Waals surface area (Å²) >= 11 is 0. The molecule has 0 bridgehead atoms. The summed E-state index contributed by atoms with van der Waals surface area (Å²) in [5, 5.41) is 0.932. The number of methoxy groups -OCH3 is 1. The molecule has 0 radical (unpaired) electrons. The quantitative estimate of drug-likeness (QED) is 0.776. The molecule has 5 nitrogen and oxygen atoms in total. The Morgan fingerprint density at radius 3 is 2.67 bits per heavy atom. The van der Waals surface area contributed by atoms with Crippen LogP contribution >= 0.6 is 0 Å². The molecule has 96 valence electrons. The van der Waals surface area contributed by atoms with Crippen molar-refractivity contribution in [3.05, 3.63) is 29.8 Å². The van der Waals surface area contributed by atoms with E-state index in [1.165, 1.54) is 4.73 Å². The number of hydrogen-bond acceptors (Lipinski definition) is 4. The number of fused-ring (bicyclic) bond motifs is 1. The molecule has 0 aliphatic rings. The Bertz CT molecular complexity index is 574. The van der Waals surface area contributed by atoms with Crippen molar-refractivity contribution in [2.24, 2.45) is 0 Å². The predicted octanol–water partition coefficient (Wildman–Crippen LogP) is 1.89. The largest absolute Gasteiger partial charge is 0.480 e. The summed E-state index contributed by atoms with van der Waals surface area (Å²) in [5.41, 5.74) is 1.25. The lowest BCUT2D eigenvalue weighted by molar-refractivity contribution is 0.0526. The van der Waals surface area contributed by atoms with Crippen molar-refractivity contribution in [2.45, 2.75) is 6.92 Å². The molecule has 2 aromatic rings. The Morgan fingerprint density at radius 1 is 1.28 bits per heavy atom. The number of carbonyl (C=O) groups excluding carboxylic acids is 1. The number of esters is 1. The van der Waals surface area contributed by atoms with E-state index in [2.05, 4.69) is 0 Å². The number of ether oxygens (including phenoxy) is 2. The van der Waals surface area contributed by atoms with E-state index in [0.717, 1.165) is 10.9 Å². The zero-order valence-electron chi connectivity index (χ0n) is 10.6. The molecule has 0 unspecified atom stereocenters. The van der Waals surface area contributed by atoms with Gasteiger partial charge in [0.25, 0.3) is 0 Å². The molecule has 0 fully saturated rings. The molecule has 0 N–H and O–H groups in total. The molecule has 1 aromatic carbocycles. The lowest BCUT2D eigenvalue weighted by Gasteiger charge is -2.07. The number of carbonyl (C=O) groups is 1. The van der Waals surface area contributed by atoms with Gasteiger partial charge in [0.15, 0.2) is 0 Å². The molecule has 2 rings (SSSR count). The average molecular weight is 249 g/mol. The first-order valence-electron chi connectivity index (χ1n) is 5.62. The van der Waals surface area contributed by atoms with Gasteiger partial charge < -0.3 is 14.3 Å². The van der Waals surface area contributed by atoms with Gasteiger partial charge in [-0.05, 0) is 19.1 Å². The highest BCUT2D eigenvalue weighted by Gasteiger charge is 2.13. The van der Waals surface area contributed by atoms with Crippen LogP contribution in [0.4, 0.5) is 0 Å². The molecular formula is C13H15NO4. The minimum Gasteiger partial charge on any atom is -0.480 e.